The van der Waals surface area contributed by atoms with Gasteiger partial charge in [0.15, 0.2) is 0 Å². The number of hydrogen-bond donors (Lipinski definition) is 1. The highest BCUT2D eigenvalue weighted by molar-refractivity contribution is 9.09. The van der Waals surface area contributed by atoms with Crippen molar-refractivity contribution < 1.29 is 14.3 Å². The zero-order valence-corrected chi connectivity index (χ0v) is 12.5. The van der Waals surface area contributed by atoms with Crippen molar-refractivity contribution in [2.45, 2.75) is 17.4 Å². The molecule has 1 amide bonds. The standard InChI is InChI=1S/C13H13BrClNO3/c14-13(11-6-18-1-2-19-11)8-3-7-4-12(17)16-10(7)5-9(8)15/h3,5,11,13H,1-2,4,6H2,(H,16,17). The normalized spacial score (nSPS) is 23.9. The van der Waals surface area contributed by atoms with Crippen LogP contribution in [-0.2, 0) is 20.7 Å². The Bertz CT molecular complexity index is 517. The van der Waals surface area contributed by atoms with Gasteiger partial charge in [-0.2, -0.15) is 0 Å². The SMILES string of the molecule is O=C1Cc2cc(C(Br)C3COCCO3)c(Cl)cc2N1. The highest BCUT2D eigenvalue weighted by Crippen LogP contribution is 2.38. The Morgan fingerprint density at radius 1 is 1.42 bits per heavy atom. The summed E-state index contributed by atoms with van der Waals surface area (Å²) >= 11 is 9.92. The third-order valence-electron chi connectivity index (χ3n) is 3.31. The Hall–Kier alpha value is -0.620. The van der Waals surface area contributed by atoms with Crippen LogP contribution < -0.4 is 5.32 Å². The lowest BCUT2D eigenvalue weighted by molar-refractivity contribution is -0.115. The van der Waals surface area contributed by atoms with E-state index in [4.69, 9.17) is 21.1 Å². The number of carbonyl (C=O) groups excluding carboxylic acids is 1. The monoisotopic (exact) mass is 345 g/mol. The number of amides is 1. The summed E-state index contributed by atoms with van der Waals surface area (Å²) in [5.41, 5.74) is 2.72. The van der Waals surface area contributed by atoms with Crippen LogP contribution in [0.5, 0.6) is 0 Å². The maximum absolute atomic E-state index is 11.4. The number of ether oxygens (including phenoxy) is 2. The van der Waals surface area contributed by atoms with Crippen molar-refractivity contribution in [3.63, 3.8) is 0 Å². The molecule has 1 saturated heterocycles. The summed E-state index contributed by atoms with van der Waals surface area (Å²) in [5, 5.41) is 3.41. The molecule has 0 aromatic heterocycles. The summed E-state index contributed by atoms with van der Waals surface area (Å²) in [6, 6.07) is 3.77. The van der Waals surface area contributed by atoms with Crippen LogP contribution in [0.25, 0.3) is 0 Å². The van der Waals surface area contributed by atoms with E-state index in [1.165, 1.54) is 0 Å². The molecule has 4 nitrogen and oxygen atoms in total. The summed E-state index contributed by atoms with van der Waals surface area (Å²) < 4.78 is 11.1. The molecule has 0 radical (unpaired) electrons. The van der Waals surface area contributed by atoms with Gasteiger partial charge < -0.3 is 14.8 Å². The molecule has 3 rings (SSSR count). The van der Waals surface area contributed by atoms with E-state index < -0.39 is 0 Å². The van der Waals surface area contributed by atoms with Gasteiger partial charge in [0.05, 0.1) is 37.2 Å². The van der Waals surface area contributed by atoms with Crippen LogP contribution in [0.15, 0.2) is 12.1 Å². The van der Waals surface area contributed by atoms with Crippen LogP contribution >= 0.6 is 27.5 Å². The Morgan fingerprint density at radius 2 is 2.26 bits per heavy atom. The molecule has 102 valence electrons. The zero-order chi connectivity index (χ0) is 13.4. The van der Waals surface area contributed by atoms with E-state index in [0.717, 1.165) is 16.8 Å². The Labute approximate surface area is 124 Å². The van der Waals surface area contributed by atoms with E-state index in [2.05, 4.69) is 21.2 Å². The van der Waals surface area contributed by atoms with Gasteiger partial charge in [0, 0.05) is 10.7 Å². The Balaban J connectivity index is 1.88. The topological polar surface area (TPSA) is 47.6 Å². The minimum atomic E-state index is -0.0608. The number of nitrogens with one attached hydrogen (secondary N) is 1. The average Bonchev–Trinajstić information content (AvgIpc) is 2.77. The molecular weight excluding hydrogens is 334 g/mol. The lowest BCUT2D eigenvalue weighted by Crippen LogP contribution is -2.31. The Kier molecular flexibility index (Phi) is 3.80. The molecule has 2 aliphatic rings. The van der Waals surface area contributed by atoms with Gasteiger partial charge in [-0.1, -0.05) is 33.6 Å². The minimum absolute atomic E-state index is 0.00610. The second-order valence-corrected chi connectivity index (χ2v) is 6.04. The fraction of sp³-hybridized carbons (Fsp3) is 0.462. The average molecular weight is 347 g/mol. The number of benzene rings is 1. The quantitative estimate of drug-likeness (QED) is 0.838. The van der Waals surface area contributed by atoms with Crippen molar-refractivity contribution in [1.82, 2.24) is 0 Å². The molecule has 0 saturated carbocycles. The molecular formula is C13H13BrClNO3. The maximum Gasteiger partial charge on any atom is 0.228 e. The number of anilines is 1. The molecule has 1 N–H and O–H groups in total. The predicted molar refractivity (Wildman–Crippen MR) is 76.0 cm³/mol. The van der Waals surface area contributed by atoms with E-state index in [1.807, 2.05) is 6.07 Å². The number of hydrogen-bond acceptors (Lipinski definition) is 3. The first-order chi connectivity index (χ1) is 9.15. The summed E-state index contributed by atoms with van der Waals surface area (Å²) in [5.74, 6) is 0.00610. The molecule has 19 heavy (non-hydrogen) atoms. The first kappa shape index (κ1) is 13.4. The molecule has 2 aliphatic heterocycles. The van der Waals surface area contributed by atoms with Crippen molar-refractivity contribution in [3.05, 3.63) is 28.3 Å². The highest BCUT2D eigenvalue weighted by atomic mass is 79.9. The first-order valence-electron chi connectivity index (χ1n) is 6.11. The fourth-order valence-corrected chi connectivity index (χ4v) is 3.45. The lowest BCUT2D eigenvalue weighted by atomic mass is 10.0. The lowest BCUT2D eigenvalue weighted by Gasteiger charge is -2.28. The van der Waals surface area contributed by atoms with Gasteiger partial charge in [0.2, 0.25) is 5.91 Å². The maximum atomic E-state index is 11.4. The number of rotatable bonds is 2. The van der Waals surface area contributed by atoms with E-state index in [9.17, 15) is 4.79 Å². The van der Waals surface area contributed by atoms with Crippen molar-refractivity contribution in [1.29, 1.82) is 0 Å². The van der Waals surface area contributed by atoms with Crippen LogP contribution in [0, 0.1) is 0 Å². The number of carbonyl (C=O) groups is 1. The van der Waals surface area contributed by atoms with Crippen LogP contribution in [0.3, 0.4) is 0 Å². The zero-order valence-electron chi connectivity index (χ0n) is 10.1. The number of halogens is 2. The van der Waals surface area contributed by atoms with Crippen LogP contribution in [0.1, 0.15) is 16.0 Å². The fourth-order valence-electron chi connectivity index (χ4n) is 2.35. The summed E-state index contributed by atoms with van der Waals surface area (Å²) in [6.45, 7) is 1.77. The molecule has 6 heteroatoms. The number of fused-ring (bicyclic) bond motifs is 1. The first-order valence-corrected chi connectivity index (χ1v) is 7.40. The summed E-state index contributed by atoms with van der Waals surface area (Å²) in [6.07, 6.45) is 0.343. The van der Waals surface area contributed by atoms with E-state index in [1.54, 1.807) is 6.07 Å². The van der Waals surface area contributed by atoms with Gasteiger partial charge in [-0.05, 0) is 17.2 Å². The van der Waals surface area contributed by atoms with Gasteiger partial charge in [0.1, 0.15) is 0 Å². The third kappa shape index (κ3) is 2.65. The van der Waals surface area contributed by atoms with Crippen LogP contribution in [0.2, 0.25) is 5.02 Å². The molecule has 1 fully saturated rings. The minimum Gasteiger partial charge on any atom is -0.376 e. The number of alkyl halides is 1. The van der Waals surface area contributed by atoms with Crippen LogP contribution in [-0.4, -0.2) is 31.8 Å². The van der Waals surface area contributed by atoms with Crippen molar-refractivity contribution in [2.75, 3.05) is 25.1 Å². The largest absolute Gasteiger partial charge is 0.376 e. The van der Waals surface area contributed by atoms with Gasteiger partial charge >= 0.3 is 0 Å². The van der Waals surface area contributed by atoms with Crippen molar-refractivity contribution >= 4 is 39.1 Å². The van der Waals surface area contributed by atoms with Gasteiger partial charge in [-0.3, -0.25) is 4.79 Å². The van der Waals surface area contributed by atoms with E-state index in [0.29, 0.717) is 31.3 Å². The molecule has 2 unspecified atom stereocenters. The molecule has 1 aromatic rings. The molecule has 0 bridgehead atoms. The smallest absolute Gasteiger partial charge is 0.228 e. The van der Waals surface area contributed by atoms with Gasteiger partial charge in [-0.15, -0.1) is 0 Å². The van der Waals surface area contributed by atoms with Crippen molar-refractivity contribution in [2.24, 2.45) is 0 Å². The molecule has 0 spiro atoms. The van der Waals surface area contributed by atoms with Crippen molar-refractivity contribution in [3.8, 4) is 0 Å². The second kappa shape index (κ2) is 5.40. The predicted octanol–water partition coefficient (Wildman–Crippen LogP) is 2.69. The van der Waals surface area contributed by atoms with Gasteiger partial charge in [-0.25, -0.2) is 0 Å². The molecule has 2 atom stereocenters. The highest BCUT2D eigenvalue weighted by Gasteiger charge is 2.28. The molecule has 1 aromatic carbocycles. The Morgan fingerprint density at radius 3 is 3.00 bits per heavy atom. The molecule has 0 aliphatic carbocycles. The third-order valence-corrected chi connectivity index (χ3v) is 4.72. The summed E-state index contributed by atoms with van der Waals surface area (Å²) in [4.78, 5) is 11.3. The van der Waals surface area contributed by atoms with E-state index in [-0.39, 0.29) is 16.8 Å². The second-order valence-electron chi connectivity index (χ2n) is 4.64. The van der Waals surface area contributed by atoms with Crippen LogP contribution in [0.4, 0.5) is 5.69 Å². The van der Waals surface area contributed by atoms with Gasteiger partial charge in [0.25, 0.3) is 0 Å². The summed E-state index contributed by atoms with van der Waals surface area (Å²) in [7, 11) is 0. The van der Waals surface area contributed by atoms with E-state index >= 15 is 0 Å². The molecule has 2 heterocycles.